The van der Waals surface area contributed by atoms with Crippen LogP contribution in [0.15, 0.2) is 6.07 Å². The Bertz CT molecular complexity index is 381. The van der Waals surface area contributed by atoms with E-state index in [2.05, 4.69) is 0 Å². The Morgan fingerprint density at radius 3 is 2.53 bits per heavy atom. The molecular formula is C9H8Cl3NO2. The number of rotatable bonds is 2. The Morgan fingerprint density at radius 2 is 2.00 bits per heavy atom. The number of carbonyl (C=O) groups is 1. The van der Waals surface area contributed by atoms with Crippen molar-refractivity contribution in [1.29, 1.82) is 0 Å². The van der Waals surface area contributed by atoms with Crippen molar-refractivity contribution in [1.82, 2.24) is 0 Å². The maximum absolute atomic E-state index is 11.5. The minimum absolute atomic E-state index is 0.0102. The van der Waals surface area contributed by atoms with Gasteiger partial charge in [-0.1, -0.05) is 34.8 Å². The molecule has 0 aliphatic rings. The van der Waals surface area contributed by atoms with E-state index < -0.39 is 5.97 Å². The number of benzene rings is 1. The Balaban J connectivity index is 3.32. The van der Waals surface area contributed by atoms with Gasteiger partial charge in [0, 0.05) is 0 Å². The number of hydrogen-bond acceptors (Lipinski definition) is 3. The molecule has 0 aliphatic heterocycles. The zero-order chi connectivity index (χ0) is 11.6. The van der Waals surface area contributed by atoms with Gasteiger partial charge in [-0.05, 0) is 13.0 Å². The molecule has 1 rings (SSSR count). The highest BCUT2D eigenvalue weighted by atomic mass is 35.5. The number of halogens is 3. The van der Waals surface area contributed by atoms with Crippen LogP contribution in [0.2, 0.25) is 15.1 Å². The maximum Gasteiger partial charge on any atom is 0.341 e. The van der Waals surface area contributed by atoms with Crippen LogP contribution in [-0.2, 0) is 4.74 Å². The van der Waals surface area contributed by atoms with Gasteiger partial charge in [0.25, 0.3) is 0 Å². The van der Waals surface area contributed by atoms with Gasteiger partial charge in [-0.3, -0.25) is 0 Å². The summed E-state index contributed by atoms with van der Waals surface area (Å²) in [5, 5.41) is 0.392. The van der Waals surface area contributed by atoms with Gasteiger partial charge in [-0.2, -0.15) is 0 Å². The average molecular weight is 269 g/mol. The molecule has 0 amide bonds. The zero-order valence-electron chi connectivity index (χ0n) is 7.81. The number of esters is 1. The SMILES string of the molecule is CCOC(=O)c1c(N)c(Cl)cc(Cl)c1Cl. The lowest BCUT2D eigenvalue weighted by Gasteiger charge is -2.09. The van der Waals surface area contributed by atoms with Gasteiger partial charge in [0.2, 0.25) is 0 Å². The van der Waals surface area contributed by atoms with Crippen molar-refractivity contribution in [3.63, 3.8) is 0 Å². The molecule has 6 heteroatoms. The molecule has 0 saturated heterocycles. The largest absolute Gasteiger partial charge is 0.462 e. The van der Waals surface area contributed by atoms with Crippen LogP contribution in [-0.4, -0.2) is 12.6 Å². The lowest BCUT2D eigenvalue weighted by molar-refractivity contribution is 0.0528. The van der Waals surface area contributed by atoms with Crippen LogP contribution in [0.3, 0.4) is 0 Å². The number of nitrogen functional groups attached to an aromatic ring is 1. The summed E-state index contributed by atoms with van der Waals surface area (Å²) < 4.78 is 4.78. The van der Waals surface area contributed by atoms with E-state index in [1.165, 1.54) is 6.07 Å². The van der Waals surface area contributed by atoms with Crippen molar-refractivity contribution in [3.05, 3.63) is 26.7 Å². The molecule has 0 aromatic heterocycles. The molecule has 0 unspecified atom stereocenters. The van der Waals surface area contributed by atoms with Crippen LogP contribution in [0.25, 0.3) is 0 Å². The molecule has 0 fully saturated rings. The van der Waals surface area contributed by atoms with Gasteiger partial charge in [-0.15, -0.1) is 0 Å². The smallest absolute Gasteiger partial charge is 0.341 e. The van der Waals surface area contributed by atoms with Crippen LogP contribution in [0, 0.1) is 0 Å². The fourth-order valence-corrected chi connectivity index (χ4v) is 1.71. The van der Waals surface area contributed by atoms with Crippen molar-refractivity contribution in [2.24, 2.45) is 0 Å². The summed E-state index contributed by atoms with van der Waals surface area (Å²) in [7, 11) is 0. The van der Waals surface area contributed by atoms with E-state index in [1.807, 2.05) is 0 Å². The van der Waals surface area contributed by atoms with E-state index in [9.17, 15) is 4.79 Å². The van der Waals surface area contributed by atoms with Gasteiger partial charge in [0.1, 0.15) is 5.56 Å². The molecule has 0 spiro atoms. The van der Waals surface area contributed by atoms with Crippen molar-refractivity contribution < 1.29 is 9.53 Å². The predicted molar refractivity (Wildman–Crippen MR) is 61.8 cm³/mol. The quantitative estimate of drug-likeness (QED) is 0.508. The van der Waals surface area contributed by atoms with Crippen LogP contribution in [0.1, 0.15) is 17.3 Å². The van der Waals surface area contributed by atoms with E-state index in [0.717, 1.165) is 0 Å². The second-order valence-corrected chi connectivity index (χ2v) is 3.86. The predicted octanol–water partition coefficient (Wildman–Crippen LogP) is 3.41. The van der Waals surface area contributed by atoms with E-state index in [-0.39, 0.29) is 32.9 Å². The normalized spacial score (nSPS) is 10.1. The highest BCUT2D eigenvalue weighted by Gasteiger charge is 2.20. The maximum atomic E-state index is 11.5. The number of anilines is 1. The molecule has 0 bridgehead atoms. The number of nitrogens with two attached hydrogens (primary N) is 1. The molecule has 1 aromatic rings. The van der Waals surface area contributed by atoms with E-state index in [0.29, 0.717) is 0 Å². The monoisotopic (exact) mass is 267 g/mol. The molecule has 82 valence electrons. The lowest BCUT2D eigenvalue weighted by Crippen LogP contribution is -2.09. The van der Waals surface area contributed by atoms with Gasteiger partial charge in [0.15, 0.2) is 0 Å². The molecule has 0 aliphatic carbocycles. The highest BCUT2D eigenvalue weighted by molar-refractivity contribution is 6.46. The number of hydrogen-bond donors (Lipinski definition) is 1. The zero-order valence-corrected chi connectivity index (χ0v) is 10.1. The van der Waals surface area contributed by atoms with Crippen molar-refractivity contribution in [2.75, 3.05) is 12.3 Å². The molecule has 0 atom stereocenters. The van der Waals surface area contributed by atoms with E-state index >= 15 is 0 Å². The third kappa shape index (κ3) is 2.48. The summed E-state index contributed by atoms with van der Waals surface area (Å²) in [5.74, 6) is -0.635. The molecule has 0 heterocycles. The van der Waals surface area contributed by atoms with Gasteiger partial charge in [0.05, 0.1) is 27.4 Å². The Hall–Kier alpha value is -0.640. The summed E-state index contributed by atoms with van der Waals surface area (Å²) in [4.78, 5) is 11.5. The summed E-state index contributed by atoms with van der Waals surface area (Å²) in [6.45, 7) is 1.90. The Labute approximate surface area is 102 Å². The first-order valence-electron chi connectivity index (χ1n) is 4.09. The average Bonchev–Trinajstić information content (AvgIpc) is 2.16. The summed E-state index contributed by atoms with van der Waals surface area (Å²) >= 11 is 17.3. The number of ether oxygens (including phenoxy) is 1. The Morgan fingerprint density at radius 1 is 1.40 bits per heavy atom. The standard InChI is InChI=1S/C9H8Cl3NO2/c1-2-15-9(14)6-7(12)4(10)3-5(11)8(6)13/h3H,2,13H2,1H3. The molecule has 0 saturated carbocycles. The van der Waals surface area contributed by atoms with Crippen LogP contribution in [0.5, 0.6) is 0 Å². The molecular weight excluding hydrogens is 260 g/mol. The molecule has 15 heavy (non-hydrogen) atoms. The first-order valence-corrected chi connectivity index (χ1v) is 5.22. The summed E-state index contributed by atoms with van der Waals surface area (Å²) in [6.07, 6.45) is 0. The topological polar surface area (TPSA) is 52.3 Å². The first-order chi connectivity index (χ1) is 6.99. The van der Waals surface area contributed by atoms with Gasteiger partial charge < -0.3 is 10.5 Å². The fraction of sp³-hybridized carbons (Fsp3) is 0.222. The molecule has 3 nitrogen and oxygen atoms in total. The first kappa shape index (κ1) is 12.4. The third-order valence-corrected chi connectivity index (χ3v) is 2.79. The lowest BCUT2D eigenvalue weighted by atomic mass is 10.2. The second kappa shape index (κ2) is 4.92. The fourth-order valence-electron chi connectivity index (χ4n) is 1.01. The molecule has 0 radical (unpaired) electrons. The molecule has 1 aromatic carbocycles. The highest BCUT2D eigenvalue weighted by Crippen LogP contribution is 2.36. The number of carbonyl (C=O) groups excluding carboxylic acids is 1. The second-order valence-electron chi connectivity index (χ2n) is 2.66. The van der Waals surface area contributed by atoms with Crippen molar-refractivity contribution in [3.8, 4) is 0 Å². The van der Waals surface area contributed by atoms with Crippen molar-refractivity contribution in [2.45, 2.75) is 6.92 Å². The summed E-state index contributed by atoms with van der Waals surface area (Å²) in [5.41, 5.74) is 5.69. The third-order valence-electron chi connectivity index (χ3n) is 1.69. The summed E-state index contributed by atoms with van der Waals surface area (Å²) in [6, 6.07) is 1.38. The van der Waals surface area contributed by atoms with Gasteiger partial charge in [-0.25, -0.2) is 4.79 Å². The van der Waals surface area contributed by atoms with E-state index in [1.54, 1.807) is 6.92 Å². The Kier molecular flexibility index (Phi) is 4.08. The van der Waals surface area contributed by atoms with Crippen LogP contribution >= 0.6 is 34.8 Å². The van der Waals surface area contributed by atoms with Crippen molar-refractivity contribution >= 4 is 46.5 Å². The molecule has 2 N–H and O–H groups in total. The van der Waals surface area contributed by atoms with E-state index in [4.69, 9.17) is 45.3 Å². The van der Waals surface area contributed by atoms with Crippen LogP contribution < -0.4 is 5.73 Å². The van der Waals surface area contributed by atoms with Crippen LogP contribution in [0.4, 0.5) is 5.69 Å². The minimum Gasteiger partial charge on any atom is -0.462 e. The van der Waals surface area contributed by atoms with Gasteiger partial charge >= 0.3 is 5.97 Å². The minimum atomic E-state index is -0.635.